The number of likely N-dealkylation sites (tertiary alicyclic amines) is 1. The van der Waals surface area contributed by atoms with Gasteiger partial charge in [0.05, 0.1) is 18.1 Å². The quantitative estimate of drug-likeness (QED) is 0.857. The van der Waals surface area contributed by atoms with Gasteiger partial charge in [-0.15, -0.1) is 0 Å². The van der Waals surface area contributed by atoms with Crippen LogP contribution >= 0.6 is 0 Å². The molecule has 0 unspecified atom stereocenters. The minimum absolute atomic E-state index is 0.114. The summed E-state index contributed by atoms with van der Waals surface area (Å²) in [5, 5.41) is 10.3. The summed E-state index contributed by atoms with van der Waals surface area (Å²) in [6, 6.07) is 9.88. The molecule has 5 nitrogen and oxygen atoms in total. The fourth-order valence-corrected chi connectivity index (χ4v) is 3.25. The van der Waals surface area contributed by atoms with Gasteiger partial charge in [-0.25, -0.2) is 5.06 Å². The largest absolute Gasteiger partial charge is 0.299 e. The number of piperidine rings is 1. The van der Waals surface area contributed by atoms with Crippen molar-refractivity contribution in [2.24, 2.45) is 0 Å². The number of hydrogen-bond donors (Lipinski definition) is 0. The molecule has 0 radical (unpaired) electrons. The molecule has 0 bridgehead atoms. The van der Waals surface area contributed by atoms with Gasteiger partial charge in [0.1, 0.15) is 5.60 Å². The first-order valence-corrected chi connectivity index (χ1v) is 7.85. The molecule has 1 amide bonds. The number of rotatable bonds is 3. The van der Waals surface area contributed by atoms with Gasteiger partial charge in [-0.1, -0.05) is 12.1 Å². The molecule has 5 heteroatoms. The molecule has 1 aromatic rings. The molecule has 0 atom stereocenters. The highest BCUT2D eigenvalue weighted by molar-refractivity contribution is 5.78. The fraction of sp³-hybridized carbons (Fsp3) is 0.529. The smallest absolute Gasteiger partial charge is 0.249 e. The van der Waals surface area contributed by atoms with E-state index >= 15 is 0 Å². The van der Waals surface area contributed by atoms with E-state index in [0.717, 1.165) is 32.5 Å². The second-order valence-corrected chi connectivity index (χ2v) is 6.12. The Kier molecular flexibility index (Phi) is 4.14. The van der Waals surface area contributed by atoms with Crippen molar-refractivity contribution in [2.75, 3.05) is 19.6 Å². The normalized spacial score (nSPS) is 21.3. The van der Waals surface area contributed by atoms with Crippen LogP contribution in [-0.2, 0) is 16.2 Å². The molecule has 0 aromatic heterocycles. The lowest BCUT2D eigenvalue weighted by Crippen LogP contribution is -2.44. The van der Waals surface area contributed by atoms with Crippen LogP contribution in [0.3, 0.4) is 0 Å². The molecule has 1 aromatic carbocycles. The van der Waals surface area contributed by atoms with E-state index in [-0.39, 0.29) is 11.5 Å². The second kappa shape index (κ2) is 6.07. The van der Waals surface area contributed by atoms with Gasteiger partial charge in [-0.3, -0.25) is 14.5 Å². The summed E-state index contributed by atoms with van der Waals surface area (Å²) in [5.41, 5.74) is 1.64. The minimum Gasteiger partial charge on any atom is -0.299 e. The Morgan fingerprint density at radius 3 is 2.50 bits per heavy atom. The van der Waals surface area contributed by atoms with Gasteiger partial charge >= 0.3 is 0 Å². The lowest BCUT2D eigenvalue weighted by molar-refractivity contribution is -0.208. The van der Waals surface area contributed by atoms with Crippen LogP contribution in [0.15, 0.2) is 24.3 Å². The molecule has 1 spiro atoms. The number of carbonyl (C=O) groups is 1. The molecule has 2 saturated heterocycles. The topological polar surface area (TPSA) is 56.6 Å². The molecule has 0 aliphatic carbocycles. The van der Waals surface area contributed by atoms with Crippen LogP contribution in [0.2, 0.25) is 0 Å². The molecule has 116 valence electrons. The van der Waals surface area contributed by atoms with Crippen LogP contribution in [-0.4, -0.2) is 41.1 Å². The molecule has 0 saturated carbocycles. The number of carbonyl (C=O) groups excluding carboxylic acids is 1. The number of nitriles is 1. The van der Waals surface area contributed by atoms with Gasteiger partial charge in [0.15, 0.2) is 0 Å². The van der Waals surface area contributed by atoms with Crippen molar-refractivity contribution in [1.82, 2.24) is 9.96 Å². The number of hydrogen-bond acceptors (Lipinski definition) is 4. The zero-order valence-corrected chi connectivity index (χ0v) is 12.9. The average molecular weight is 299 g/mol. The van der Waals surface area contributed by atoms with E-state index in [1.165, 1.54) is 10.6 Å². The fourth-order valence-electron chi connectivity index (χ4n) is 3.25. The van der Waals surface area contributed by atoms with Gasteiger partial charge in [0, 0.05) is 26.2 Å². The van der Waals surface area contributed by atoms with Crippen molar-refractivity contribution in [1.29, 1.82) is 5.26 Å². The maximum absolute atomic E-state index is 11.9. The number of hydroxylamine groups is 2. The van der Waals surface area contributed by atoms with Crippen LogP contribution in [0.25, 0.3) is 0 Å². The highest BCUT2D eigenvalue weighted by Gasteiger charge is 2.46. The molecule has 2 heterocycles. The highest BCUT2D eigenvalue weighted by Crippen LogP contribution is 2.36. The number of amides is 1. The lowest BCUT2D eigenvalue weighted by atomic mass is 9.88. The Labute approximate surface area is 131 Å². The van der Waals surface area contributed by atoms with E-state index in [1.807, 2.05) is 31.2 Å². The summed E-state index contributed by atoms with van der Waals surface area (Å²) < 4.78 is 0. The van der Waals surface area contributed by atoms with E-state index in [1.54, 1.807) is 0 Å². The third-order valence-corrected chi connectivity index (χ3v) is 4.60. The summed E-state index contributed by atoms with van der Waals surface area (Å²) in [6.07, 6.45) is 2.31. The first-order chi connectivity index (χ1) is 10.6. The van der Waals surface area contributed by atoms with Crippen LogP contribution < -0.4 is 0 Å². The van der Waals surface area contributed by atoms with E-state index in [0.29, 0.717) is 18.5 Å². The third-order valence-electron chi connectivity index (χ3n) is 4.60. The van der Waals surface area contributed by atoms with Crippen molar-refractivity contribution in [3.63, 3.8) is 0 Å². The average Bonchev–Trinajstić information content (AvgIpc) is 2.86. The maximum Gasteiger partial charge on any atom is 0.249 e. The Morgan fingerprint density at radius 2 is 1.95 bits per heavy atom. The van der Waals surface area contributed by atoms with Gasteiger partial charge in [0.2, 0.25) is 5.91 Å². The molecule has 22 heavy (non-hydrogen) atoms. The summed E-state index contributed by atoms with van der Waals surface area (Å²) in [6.45, 7) is 5.31. The molecular weight excluding hydrogens is 278 g/mol. The van der Waals surface area contributed by atoms with Crippen molar-refractivity contribution < 1.29 is 9.63 Å². The highest BCUT2D eigenvalue weighted by atomic mass is 16.7. The van der Waals surface area contributed by atoms with Crippen molar-refractivity contribution in [3.05, 3.63) is 35.4 Å². The molecular formula is C17H21N3O2. The zero-order valence-electron chi connectivity index (χ0n) is 12.9. The summed E-state index contributed by atoms with van der Waals surface area (Å²) >= 11 is 0. The van der Waals surface area contributed by atoms with E-state index in [9.17, 15) is 4.79 Å². The monoisotopic (exact) mass is 299 g/mol. The first-order valence-electron chi connectivity index (χ1n) is 7.85. The van der Waals surface area contributed by atoms with Gasteiger partial charge < -0.3 is 0 Å². The van der Waals surface area contributed by atoms with Crippen LogP contribution in [0.1, 0.15) is 37.3 Å². The Balaban J connectivity index is 1.56. The summed E-state index contributed by atoms with van der Waals surface area (Å²) in [7, 11) is 0. The van der Waals surface area contributed by atoms with Gasteiger partial charge in [-0.2, -0.15) is 5.26 Å². The van der Waals surface area contributed by atoms with E-state index in [4.69, 9.17) is 10.1 Å². The van der Waals surface area contributed by atoms with Crippen molar-refractivity contribution in [2.45, 2.75) is 38.3 Å². The van der Waals surface area contributed by atoms with E-state index in [2.05, 4.69) is 11.0 Å². The molecule has 0 N–H and O–H groups in total. The molecule has 2 aliphatic heterocycles. The SMILES string of the molecule is CCN1OC2(CCN(Cc3ccc(C#N)cc3)CC2)CC1=O. The molecule has 2 aliphatic rings. The number of benzene rings is 1. The van der Waals surface area contributed by atoms with E-state index < -0.39 is 0 Å². The molecule has 2 fully saturated rings. The Morgan fingerprint density at radius 1 is 1.27 bits per heavy atom. The summed E-state index contributed by atoms with van der Waals surface area (Å²) in [4.78, 5) is 20.2. The number of nitrogens with zero attached hydrogens (tertiary/aromatic N) is 3. The Bertz CT molecular complexity index is 583. The zero-order chi connectivity index (χ0) is 15.6. The van der Waals surface area contributed by atoms with Gasteiger partial charge in [0.25, 0.3) is 0 Å². The van der Waals surface area contributed by atoms with Gasteiger partial charge in [-0.05, 0) is 37.5 Å². The second-order valence-electron chi connectivity index (χ2n) is 6.12. The first kappa shape index (κ1) is 15.0. The lowest BCUT2D eigenvalue weighted by Gasteiger charge is -2.37. The van der Waals surface area contributed by atoms with Crippen LogP contribution in [0, 0.1) is 11.3 Å². The van der Waals surface area contributed by atoms with Crippen LogP contribution in [0.4, 0.5) is 0 Å². The maximum atomic E-state index is 11.9. The predicted octanol–water partition coefficient (Wildman–Crippen LogP) is 2.08. The van der Waals surface area contributed by atoms with Crippen molar-refractivity contribution in [3.8, 4) is 6.07 Å². The van der Waals surface area contributed by atoms with Crippen molar-refractivity contribution >= 4 is 5.91 Å². The Hall–Kier alpha value is -1.90. The third kappa shape index (κ3) is 2.99. The van der Waals surface area contributed by atoms with Crippen LogP contribution in [0.5, 0.6) is 0 Å². The summed E-state index contributed by atoms with van der Waals surface area (Å²) in [5.74, 6) is 0.114. The predicted molar refractivity (Wildman–Crippen MR) is 81.5 cm³/mol. The minimum atomic E-state index is -0.270. The molecule has 3 rings (SSSR count). The standard InChI is InChI=1S/C17H21N3O2/c1-2-20-16(21)11-17(22-20)7-9-19(10-8-17)13-15-5-3-14(12-18)4-6-15/h3-6H,2,7-11,13H2,1H3.